The highest BCUT2D eigenvalue weighted by atomic mass is 16.3. The first-order chi connectivity index (χ1) is 14.6. The van der Waals surface area contributed by atoms with Gasteiger partial charge < -0.3 is 14.6 Å². The second kappa shape index (κ2) is 8.97. The van der Waals surface area contributed by atoms with Crippen LogP contribution in [0, 0.1) is 0 Å². The Morgan fingerprint density at radius 2 is 1.70 bits per heavy atom. The monoisotopic (exact) mass is 403 g/mol. The van der Waals surface area contributed by atoms with Gasteiger partial charge in [-0.3, -0.25) is 14.5 Å². The molecule has 1 aromatic heterocycles. The molecule has 0 saturated carbocycles. The smallest absolute Gasteiger partial charge is 0.291 e. The van der Waals surface area contributed by atoms with E-state index in [1.54, 1.807) is 19.1 Å². The Morgan fingerprint density at radius 3 is 2.37 bits per heavy atom. The molecule has 6 nitrogen and oxygen atoms in total. The van der Waals surface area contributed by atoms with Gasteiger partial charge in [0.25, 0.3) is 5.91 Å². The van der Waals surface area contributed by atoms with Crippen molar-refractivity contribution in [3.8, 4) is 11.1 Å². The molecule has 2 aromatic carbocycles. The largest absolute Gasteiger partial charge is 0.459 e. The van der Waals surface area contributed by atoms with Gasteiger partial charge in [-0.05, 0) is 47.0 Å². The summed E-state index contributed by atoms with van der Waals surface area (Å²) >= 11 is 0. The van der Waals surface area contributed by atoms with Crippen LogP contribution in [0.2, 0.25) is 0 Å². The minimum absolute atomic E-state index is 0.153. The highest BCUT2D eigenvalue weighted by molar-refractivity contribution is 6.02. The van der Waals surface area contributed by atoms with Gasteiger partial charge in [0.1, 0.15) is 0 Å². The average Bonchev–Trinajstić information content (AvgIpc) is 3.30. The standard InChI is InChI=1S/C24H25N3O3/c1-18(28)27-13-11-26(12-14-27)17-19-4-2-5-21(16-19)20-7-9-22(10-8-20)25-24(29)23-6-3-15-30-23/h2-10,15-16H,11-14,17H2,1H3,(H,25,29). The number of nitrogens with zero attached hydrogens (tertiary/aromatic N) is 2. The van der Waals surface area contributed by atoms with Crippen molar-refractivity contribution >= 4 is 17.5 Å². The molecule has 0 bridgehead atoms. The number of carbonyl (C=O) groups excluding carboxylic acids is 2. The number of amides is 2. The van der Waals surface area contributed by atoms with E-state index in [1.165, 1.54) is 11.8 Å². The molecule has 0 aliphatic carbocycles. The molecule has 1 saturated heterocycles. The first-order valence-electron chi connectivity index (χ1n) is 10.1. The third kappa shape index (κ3) is 4.78. The third-order valence-corrected chi connectivity index (χ3v) is 5.37. The Bertz CT molecular complexity index is 1000. The zero-order chi connectivity index (χ0) is 20.9. The van der Waals surface area contributed by atoms with E-state index >= 15 is 0 Å². The fraction of sp³-hybridized carbons (Fsp3) is 0.250. The molecule has 1 N–H and O–H groups in total. The number of rotatable bonds is 5. The van der Waals surface area contributed by atoms with Gasteiger partial charge in [0, 0.05) is 45.3 Å². The maximum atomic E-state index is 12.1. The summed E-state index contributed by atoms with van der Waals surface area (Å²) in [5.74, 6) is 0.177. The van der Waals surface area contributed by atoms with E-state index in [2.05, 4.69) is 34.5 Å². The fourth-order valence-corrected chi connectivity index (χ4v) is 3.67. The predicted molar refractivity (Wildman–Crippen MR) is 116 cm³/mol. The number of nitrogens with one attached hydrogen (secondary N) is 1. The van der Waals surface area contributed by atoms with E-state index < -0.39 is 0 Å². The summed E-state index contributed by atoms with van der Waals surface area (Å²) in [5, 5.41) is 2.83. The molecule has 0 unspecified atom stereocenters. The van der Waals surface area contributed by atoms with Crippen molar-refractivity contribution < 1.29 is 14.0 Å². The second-order valence-electron chi connectivity index (χ2n) is 7.49. The van der Waals surface area contributed by atoms with Crippen LogP contribution in [0.15, 0.2) is 71.3 Å². The summed E-state index contributed by atoms with van der Waals surface area (Å²) in [6.07, 6.45) is 1.48. The van der Waals surface area contributed by atoms with Crippen LogP contribution in [-0.4, -0.2) is 47.8 Å². The van der Waals surface area contributed by atoms with Gasteiger partial charge in [-0.1, -0.05) is 30.3 Å². The van der Waals surface area contributed by atoms with E-state index in [0.717, 1.165) is 49.5 Å². The highest BCUT2D eigenvalue weighted by Crippen LogP contribution is 2.23. The number of benzene rings is 2. The van der Waals surface area contributed by atoms with Crippen molar-refractivity contribution in [2.45, 2.75) is 13.5 Å². The van der Waals surface area contributed by atoms with Crippen molar-refractivity contribution in [3.05, 3.63) is 78.3 Å². The van der Waals surface area contributed by atoms with Crippen LogP contribution in [0.4, 0.5) is 5.69 Å². The second-order valence-corrected chi connectivity index (χ2v) is 7.49. The molecule has 0 atom stereocenters. The van der Waals surface area contributed by atoms with Crippen LogP contribution < -0.4 is 5.32 Å². The topological polar surface area (TPSA) is 65.8 Å². The maximum Gasteiger partial charge on any atom is 0.291 e. The van der Waals surface area contributed by atoms with Gasteiger partial charge in [-0.25, -0.2) is 0 Å². The normalized spacial score (nSPS) is 14.5. The molecule has 1 fully saturated rings. The lowest BCUT2D eigenvalue weighted by Crippen LogP contribution is -2.47. The molecule has 2 heterocycles. The molecule has 0 radical (unpaired) electrons. The zero-order valence-corrected chi connectivity index (χ0v) is 17.0. The number of piperazine rings is 1. The molecule has 30 heavy (non-hydrogen) atoms. The Hall–Kier alpha value is -3.38. The minimum Gasteiger partial charge on any atom is -0.459 e. The van der Waals surface area contributed by atoms with E-state index in [4.69, 9.17) is 4.42 Å². The van der Waals surface area contributed by atoms with Gasteiger partial charge in [-0.2, -0.15) is 0 Å². The molecule has 4 rings (SSSR count). The molecule has 3 aromatic rings. The lowest BCUT2D eigenvalue weighted by Gasteiger charge is -2.34. The molecule has 1 aliphatic heterocycles. The summed E-state index contributed by atoms with van der Waals surface area (Å²) in [6.45, 7) is 5.88. The summed E-state index contributed by atoms with van der Waals surface area (Å²) in [6, 6.07) is 19.6. The molecule has 6 heteroatoms. The van der Waals surface area contributed by atoms with Gasteiger partial charge >= 0.3 is 0 Å². The molecular weight excluding hydrogens is 378 g/mol. The van der Waals surface area contributed by atoms with E-state index in [9.17, 15) is 9.59 Å². The Balaban J connectivity index is 1.39. The van der Waals surface area contributed by atoms with Crippen molar-refractivity contribution in [3.63, 3.8) is 0 Å². The summed E-state index contributed by atoms with van der Waals surface area (Å²) in [7, 11) is 0. The number of anilines is 1. The molecule has 154 valence electrons. The van der Waals surface area contributed by atoms with E-state index in [1.807, 2.05) is 29.2 Å². The van der Waals surface area contributed by atoms with Gasteiger partial charge in [-0.15, -0.1) is 0 Å². The van der Waals surface area contributed by atoms with Crippen LogP contribution >= 0.6 is 0 Å². The van der Waals surface area contributed by atoms with Gasteiger partial charge in [0.2, 0.25) is 5.91 Å². The van der Waals surface area contributed by atoms with E-state index in [-0.39, 0.29) is 17.6 Å². The fourth-order valence-electron chi connectivity index (χ4n) is 3.67. The predicted octanol–water partition coefficient (Wildman–Crippen LogP) is 3.86. The van der Waals surface area contributed by atoms with Crippen LogP contribution in [0.5, 0.6) is 0 Å². The van der Waals surface area contributed by atoms with Crippen LogP contribution in [0.25, 0.3) is 11.1 Å². The van der Waals surface area contributed by atoms with Crippen molar-refractivity contribution in [1.29, 1.82) is 0 Å². The van der Waals surface area contributed by atoms with Crippen molar-refractivity contribution in [2.75, 3.05) is 31.5 Å². The number of hydrogen-bond donors (Lipinski definition) is 1. The Morgan fingerprint density at radius 1 is 0.933 bits per heavy atom. The summed E-state index contributed by atoms with van der Waals surface area (Å²) < 4.78 is 5.12. The average molecular weight is 403 g/mol. The minimum atomic E-state index is -0.264. The number of carbonyl (C=O) groups is 2. The molecule has 0 spiro atoms. The van der Waals surface area contributed by atoms with Crippen LogP contribution in [0.1, 0.15) is 23.0 Å². The summed E-state index contributed by atoms with van der Waals surface area (Å²) in [5.41, 5.74) is 4.20. The summed E-state index contributed by atoms with van der Waals surface area (Å²) in [4.78, 5) is 27.9. The van der Waals surface area contributed by atoms with E-state index in [0.29, 0.717) is 0 Å². The van der Waals surface area contributed by atoms with Crippen molar-refractivity contribution in [2.24, 2.45) is 0 Å². The SMILES string of the molecule is CC(=O)N1CCN(Cc2cccc(-c3ccc(NC(=O)c4ccco4)cc3)c2)CC1. The molecule has 2 amide bonds. The third-order valence-electron chi connectivity index (χ3n) is 5.37. The van der Waals surface area contributed by atoms with Crippen molar-refractivity contribution in [1.82, 2.24) is 9.80 Å². The van der Waals surface area contributed by atoms with Crippen LogP contribution in [-0.2, 0) is 11.3 Å². The highest BCUT2D eigenvalue weighted by Gasteiger charge is 2.18. The Kier molecular flexibility index (Phi) is 5.95. The molecule has 1 aliphatic rings. The number of furan rings is 1. The Labute approximate surface area is 176 Å². The number of hydrogen-bond acceptors (Lipinski definition) is 4. The molecular formula is C24H25N3O3. The first kappa shape index (κ1) is 19.9. The quantitative estimate of drug-likeness (QED) is 0.703. The first-order valence-corrected chi connectivity index (χ1v) is 10.1. The zero-order valence-electron chi connectivity index (χ0n) is 17.0. The van der Waals surface area contributed by atoms with Crippen LogP contribution in [0.3, 0.4) is 0 Å². The maximum absolute atomic E-state index is 12.1. The lowest BCUT2D eigenvalue weighted by molar-refractivity contribution is -0.130. The van der Waals surface area contributed by atoms with Gasteiger partial charge in [0.05, 0.1) is 6.26 Å². The lowest BCUT2D eigenvalue weighted by atomic mass is 10.0. The van der Waals surface area contributed by atoms with Gasteiger partial charge in [0.15, 0.2) is 5.76 Å².